The minimum absolute atomic E-state index is 0.188. The number of aryl methyl sites for hydroxylation is 2. The van der Waals surface area contributed by atoms with Gasteiger partial charge in [0, 0.05) is 17.3 Å². The average molecular weight is 287 g/mol. The van der Waals surface area contributed by atoms with E-state index in [0.717, 1.165) is 5.56 Å². The normalized spacial score (nSPS) is 20.2. The van der Waals surface area contributed by atoms with Crippen LogP contribution in [0.25, 0.3) is 0 Å². The monoisotopic (exact) mass is 287 g/mol. The minimum atomic E-state index is -2.26. The van der Waals surface area contributed by atoms with Crippen LogP contribution in [0.4, 0.5) is 5.69 Å². The fourth-order valence-electron chi connectivity index (χ4n) is 2.58. The Balaban J connectivity index is 2.35. The topological polar surface area (TPSA) is 99.8 Å². The summed E-state index contributed by atoms with van der Waals surface area (Å²) in [4.78, 5) is 24.2. The van der Waals surface area contributed by atoms with E-state index in [2.05, 4.69) is 5.32 Å². The van der Waals surface area contributed by atoms with Gasteiger partial charge in [0.2, 0.25) is 5.60 Å². The second-order valence-corrected chi connectivity index (χ2v) is 5.12. The van der Waals surface area contributed by atoms with Crippen molar-refractivity contribution in [3.63, 3.8) is 0 Å². The molecule has 0 fully saturated rings. The summed E-state index contributed by atoms with van der Waals surface area (Å²) in [6.45, 7) is 3.28. The zero-order valence-corrected chi connectivity index (χ0v) is 11.4. The zero-order valence-electron chi connectivity index (χ0n) is 11.4. The molecule has 1 aliphatic heterocycles. The van der Waals surface area contributed by atoms with Crippen LogP contribution in [0.5, 0.6) is 5.75 Å². The molecule has 3 rings (SSSR count). The minimum Gasteiger partial charge on any atom is -0.507 e. The lowest BCUT2D eigenvalue weighted by Crippen LogP contribution is -2.39. The lowest BCUT2D eigenvalue weighted by molar-refractivity contribution is -0.130. The third kappa shape index (κ3) is 1.76. The number of carbonyl (C=O) groups excluding carboxylic acids is 1. The zero-order chi connectivity index (χ0) is 15.4. The Hall–Kier alpha value is -2.60. The van der Waals surface area contributed by atoms with Gasteiger partial charge in [-0.2, -0.15) is 0 Å². The molecular formula is C15H13NO5. The van der Waals surface area contributed by atoms with Crippen LogP contribution in [0.1, 0.15) is 22.5 Å². The van der Waals surface area contributed by atoms with Gasteiger partial charge in [-0.25, -0.2) is 4.79 Å². The number of fused-ring (bicyclic) bond motifs is 1. The molecule has 1 amide bonds. The Kier molecular flexibility index (Phi) is 2.67. The smallest absolute Gasteiger partial charge is 0.346 e. The van der Waals surface area contributed by atoms with Crippen LogP contribution in [0.3, 0.4) is 0 Å². The number of aromatic hydroxyl groups is 1. The van der Waals surface area contributed by atoms with Crippen molar-refractivity contribution in [3.05, 3.63) is 57.1 Å². The van der Waals surface area contributed by atoms with Crippen molar-refractivity contribution in [2.45, 2.75) is 19.4 Å². The first-order valence-electron chi connectivity index (χ1n) is 6.33. The van der Waals surface area contributed by atoms with Crippen LogP contribution in [-0.4, -0.2) is 16.1 Å². The van der Waals surface area contributed by atoms with Crippen LogP contribution in [0, 0.1) is 13.8 Å². The number of amides is 1. The Morgan fingerprint density at radius 1 is 1.19 bits per heavy atom. The van der Waals surface area contributed by atoms with Gasteiger partial charge in [0.15, 0.2) is 0 Å². The first kappa shape index (κ1) is 13.4. The number of carbonyl (C=O) groups is 1. The number of benzene rings is 1. The molecule has 1 aromatic heterocycles. The molecule has 108 valence electrons. The largest absolute Gasteiger partial charge is 0.507 e. The highest BCUT2D eigenvalue weighted by Gasteiger charge is 2.50. The number of anilines is 1. The third-order valence-electron chi connectivity index (χ3n) is 3.56. The lowest BCUT2D eigenvalue weighted by atomic mass is 9.87. The molecule has 2 aromatic rings. The summed E-state index contributed by atoms with van der Waals surface area (Å²) in [6, 6.07) is 6.18. The van der Waals surface area contributed by atoms with Crippen molar-refractivity contribution in [2.24, 2.45) is 0 Å². The number of hydrogen-bond donors (Lipinski definition) is 3. The molecule has 0 spiro atoms. The molecule has 0 aliphatic carbocycles. The molecule has 0 bridgehead atoms. The number of aliphatic hydroxyl groups is 1. The van der Waals surface area contributed by atoms with E-state index in [-0.39, 0.29) is 11.3 Å². The number of hydrogen-bond acceptors (Lipinski definition) is 5. The fourth-order valence-corrected chi connectivity index (χ4v) is 2.58. The molecule has 1 aliphatic rings. The van der Waals surface area contributed by atoms with Gasteiger partial charge >= 0.3 is 5.63 Å². The maximum Gasteiger partial charge on any atom is 0.346 e. The highest BCUT2D eigenvalue weighted by molar-refractivity contribution is 6.07. The number of nitrogens with one attached hydrogen (secondary N) is 1. The number of rotatable bonds is 1. The van der Waals surface area contributed by atoms with Gasteiger partial charge in [-0.3, -0.25) is 4.79 Å². The molecule has 0 radical (unpaired) electrons. The first-order chi connectivity index (χ1) is 9.84. The van der Waals surface area contributed by atoms with Crippen LogP contribution in [0.2, 0.25) is 0 Å². The van der Waals surface area contributed by atoms with E-state index in [1.807, 2.05) is 0 Å². The first-order valence-corrected chi connectivity index (χ1v) is 6.33. The summed E-state index contributed by atoms with van der Waals surface area (Å²) >= 11 is 0. The molecule has 21 heavy (non-hydrogen) atoms. The van der Waals surface area contributed by atoms with E-state index in [0.29, 0.717) is 5.69 Å². The van der Waals surface area contributed by atoms with Crippen molar-refractivity contribution in [1.29, 1.82) is 0 Å². The summed E-state index contributed by atoms with van der Waals surface area (Å²) in [5.41, 5.74) is -2.26. The Labute approximate surface area is 119 Å². The van der Waals surface area contributed by atoms with Gasteiger partial charge in [-0.1, -0.05) is 17.7 Å². The standard InChI is InChI=1S/C15H13NO5/c1-7-3-4-10-9(5-7)15(20,14(19)16-10)12-11(17)6-8(2)21-13(12)18/h3-6,17,20H,1-2H3,(H,16,19). The summed E-state index contributed by atoms with van der Waals surface area (Å²) in [5, 5.41) is 23.3. The van der Waals surface area contributed by atoms with Crippen LogP contribution >= 0.6 is 0 Å². The van der Waals surface area contributed by atoms with Gasteiger partial charge in [0.05, 0.1) is 0 Å². The lowest BCUT2D eigenvalue weighted by Gasteiger charge is -2.21. The predicted octanol–water partition coefficient (Wildman–Crippen LogP) is 1.15. The third-order valence-corrected chi connectivity index (χ3v) is 3.56. The van der Waals surface area contributed by atoms with E-state index in [1.165, 1.54) is 13.0 Å². The van der Waals surface area contributed by atoms with Crippen molar-refractivity contribution in [3.8, 4) is 5.75 Å². The molecule has 3 N–H and O–H groups in total. The van der Waals surface area contributed by atoms with Gasteiger partial charge < -0.3 is 19.9 Å². The van der Waals surface area contributed by atoms with Crippen molar-refractivity contribution in [1.82, 2.24) is 0 Å². The molecule has 6 heteroatoms. The second-order valence-electron chi connectivity index (χ2n) is 5.12. The van der Waals surface area contributed by atoms with Gasteiger partial charge in [0.25, 0.3) is 5.91 Å². The maximum absolute atomic E-state index is 12.2. The van der Waals surface area contributed by atoms with Crippen molar-refractivity contribution < 1.29 is 19.4 Å². The van der Waals surface area contributed by atoms with Crippen LogP contribution < -0.4 is 10.9 Å². The molecule has 1 aromatic carbocycles. The summed E-state index contributed by atoms with van der Waals surface area (Å²) in [6.07, 6.45) is 0. The SMILES string of the molecule is Cc1ccc2c(c1)C(O)(c1c(O)cc(C)oc1=O)C(=O)N2. The summed E-state index contributed by atoms with van der Waals surface area (Å²) < 4.78 is 4.90. The summed E-state index contributed by atoms with van der Waals surface area (Å²) in [5.74, 6) is -1.09. The van der Waals surface area contributed by atoms with E-state index >= 15 is 0 Å². The summed E-state index contributed by atoms with van der Waals surface area (Å²) in [7, 11) is 0. The highest BCUT2D eigenvalue weighted by atomic mass is 16.4. The molecule has 1 atom stereocenters. The van der Waals surface area contributed by atoms with Gasteiger partial charge in [0.1, 0.15) is 17.1 Å². The molecule has 1 unspecified atom stereocenters. The van der Waals surface area contributed by atoms with E-state index < -0.39 is 28.4 Å². The van der Waals surface area contributed by atoms with Gasteiger partial charge in [-0.15, -0.1) is 0 Å². The average Bonchev–Trinajstić information content (AvgIpc) is 2.61. The second kappa shape index (κ2) is 4.20. The fraction of sp³-hybridized carbons (Fsp3) is 0.200. The quantitative estimate of drug-likeness (QED) is 0.730. The predicted molar refractivity (Wildman–Crippen MR) is 74.2 cm³/mol. The van der Waals surface area contributed by atoms with Crippen LogP contribution in [-0.2, 0) is 10.4 Å². The van der Waals surface area contributed by atoms with Crippen molar-refractivity contribution >= 4 is 11.6 Å². The molecular weight excluding hydrogens is 274 g/mol. The Bertz CT molecular complexity index is 823. The molecule has 0 saturated heterocycles. The molecule has 0 saturated carbocycles. The highest BCUT2D eigenvalue weighted by Crippen LogP contribution is 2.42. The van der Waals surface area contributed by atoms with Gasteiger partial charge in [-0.05, 0) is 19.9 Å². The molecule has 2 heterocycles. The van der Waals surface area contributed by atoms with E-state index in [4.69, 9.17) is 4.42 Å². The Morgan fingerprint density at radius 3 is 2.57 bits per heavy atom. The maximum atomic E-state index is 12.2. The van der Waals surface area contributed by atoms with E-state index in [1.54, 1.807) is 25.1 Å². The molecule has 6 nitrogen and oxygen atoms in total. The Morgan fingerprint density at radius 2 is 1.90 bits per heavy atom. The van der Waals surface area contributed by atoms with Crippen molar-refractivity contribution in [2.75, 3.05) is 5.32 Å². The van der Waals surface area contributed by atoms with E-state index in [9.17, 15) is 19.8 Å². The van der Waals surface area contributed by atoms with Crippen LogP contribution in [0.15, 0.2) is 33.5 Å².